The predicted molar refractivity (Wildman–Crippen MR) is 74.0 cm³/mol. The molecule has 3 rings (SSSR count). The molecule has 1 aromatic rings. The van der Waals surface area contributed by atoms with Crippen LogP contribution >= 0.6 is 0 Å². The van der Waals surface area contributed by atoms with Crippen LogP contribution in [-0.2, 0) is 10.3 Å². The predicted octanol–water partition coefficient (Wildman–Crippen LogP) is 2.40. The summed E-state index contributed by atoms with van der Waals surface area (Å²) in [5.74, 6) is -1.55. The summed E-state index contributed by atoms with van der Waals surface area (Å²) in [7, 11) is 0. The first kappa shape index (κ1) is 13.8. The van der Waals surface area contributed by atoms with Gasteiger partial charge in [-0.3, -0.25) is 0 Å². The summed E-state index contributed by atoms with van der Waals surface area (Å²) < 4.78 is 32.7. The monoisotopic (exact) mass is 282 g/mol. The molecule has 0 amide bonds. The van der Waals surface area contributed by atoms with Gasteiger partial charge in [-0.15, -0.1) is 0 Å². The standard InChI is InChI=1S/C15H20F2N2O/c1-15(3-2-4-18-15)11-9-12(16)13(17)10-14(11)19-5-7-20-8-6-19/h9-10,18H,2-8H2,1H3. The molecule has 0 aliphatic carbocycles. The molecule has 5 heteroatoms. The smallest absolute Gasteiger partial charge is 0.160 e. The van der Waals surface area contributed by atoms with Crippen LogP contribution in [0.25, 0.3) is 0 Å². The van der Waals surface area contributed by atoms with Gasteiger partial charge in [0.25, 0.3) is 0 Å². The highest BCUT2D eigenvalue weighted by Crippen LogP contribution is 2.38. The molecule has 2 heterocycles. The number of anilines is 1. The molecule has 1 aromatic carbocycles. The zero-order valence-corrected chi connectivity index (χ0v) is 11.7. The molecule has 2 aliphatic rings. The van der Waals surface area contributed by atoms with E-state index in [1.807, 2.05) is 0 Å². The summed E-state index contributed by atoms with van der Waals surface area (Å²) in [5, 5.41) is 3.43. The fraction of sp³-hybridized carbons (Fsp3) is 0.600. The number of hydrogen-bond acceptors (Lipinski definition) is 3. The highest BCUT2D eigenvalue weighted by Gasteiger charge is 2.34. The van der Waals surface area contributed by atoms with E-state index in [1.165, 1.54) is 12.1 Å². The number of benzene rings is 1. The van der Waals surface area contributed by atoms with Crippen molar-refractivity contribution in [2.75, 3.05) is 37.7 Å². The van der Waals surface area contributed by atoms with Crippen LogP contribution < -0.4 is 10.2 Å². The molecule has 20 heavy (non-hydrogen) atoms. The van der Waals surface area contributed by atoms with Gasteiger partial charge in [-0.05, 0) is 37.9 Å². The Balaban J connectivity index is 2.04. The largest absolute Gasteiger partial charge is 0.378 e. The number of halogens is 2. The molecule has 0 bridgehead atoms. The fourth-order valence-corrected chi connectivity index (χ4v) is 3.17. The molecule has 0 aromatic heterocycles. The van der Waals surface area contributed by atoms with Crippen LogP contribution in [0.4, 0.5) is 14.5 Å². The topological polar surface area (TPSA) is 24.5 Å². The Bertz CT molecular complexity index is 495. The molecule has 0 radical (unpaired) electrons. The Kier molecular flexibility index (Phi) is 3.65. The molecular formula is C15H20F2N2O. The van der Waals surface area contributed by atoms with Crippen molar-refractivity contribution in [3.05, 3.63) is 29.3 Å². The lowest BCUT2D eigenvalue weighted by atomic mass is 9.88. The summed E-state index contributed by atoms with van der Waals surface area (Å²) in [5.41, 5.74) is 1.38. The molecule has 0 saturated carbocycles. The number of nitrogens with one attached hydrogen (secondary N) is 1. The Labute approximate surface area is 117 Å². The summed E-state index contributed by atoms with van der Waals surface area (Å²) in [4.78, 5) is 2.09. The van der Waals surface area contributed by atoms with E-state index in [-0.39, 0.29) is 5.54 Å². The molecule has 2 aliphatic heterocycles. The van der Waals surface area contributed by atoms with Gasteiger partial charge in [-0.1, -0.05) is 0 Å². The van der Waals surface area contributed by atoms with E-state index >= 15 is 0 Å². The highest BCUT2D eigenvalue weighted by atomic mass is 19.2. The quantitative estimate of drug-likeness (QED) is 0.901. The minimum absolute atomic E-state index is 0.276. The van der Waals surface area contributed by atoms with Gasteiger partial charge in [-0.25, -0.2) is 8.78 Å². The van der Waals surface area contributed by atoms with Gasteiger partial charge < -0.3 is 15.0 Å². The zero-order chi connectivity index (χ0) is 14.2. The van der Waals surface area contributed by atoms with Crippen molar-refractivity contribution in [1.82, 2.24) is 5.32 Å². The van der Waals surface area contributed by atoms with Crippen LogP contribution in [0.2, 0.25) is 0 Å². The van der Waals surface area contributed by atoms with Gasteiger partial charge in [0.1, 0.15) is 0 Å². The van der Waals surface area contributed by atoms with Gasteiger partial charge in [0.15, 0.2) is 11.6 Å². The number of hydrogen-bond donors (Lipinski definition) is 1. The minimum atomic E-state index is -0.781. The molecule has 1 atom stereocenters. The second kappa shape index (κ2) is 5.30. The van der Waals surface area contributed by atoms with Crippen molar-refractivity contribution < 1.29 is 13.5 Å². The van der Waals surface area contributed by atoms with Crippen molar-refractivity contribution in [1.29, 1.82) is 0 Å². The second-order valence-corrected chi connectivity index (χ2v) is 5.75. The summed E-state index contributed by atoms with van der Waals surface area (Å²) in [6.45, 7) is 5.67. The van der Waals surface area contributed by atoms with E-state index in [4.69, 9.17) is 4.74 Å². The highest BCUT2D eigenvalue weighted by molar-refractivity contribution is 5.57. The molecule has 0 spiro atoms. The Morgan fingerprint density at radius 3 is 2.55 bits per heavy atom. The lowest BCUT2D eigenvalue weighted by Crippen LogP contribution is -2.40. The molecule has 1 N–H and O–H groups in total. The molecular weight excluding hydrogens is 262 g/mol. The molecule has 2 saturated heterocycles. The average molecular weight is 282 g/mol. The lowest BCUT2D eigenvalue weighted by Gasteiger charge is -2.35. The SMILES string of the molecule is CC1(c2cc(F)c(F)cc2N2CCOCC2)CCCN1. The van der Waals surface area contributed by atoms with E-state index in [1.54, 1.807) is 0 Å². The summed E-state index contributed by atoms with van der Waals surface area (Å²) in [6.07, 6.45) is 1.99. The third-order valence-electron chi connectivity index (χ3n) is 4.35. The first-order valence-electron chi connectivity index (χ1n) is 7.17. The normalized spacial score (nSPS) is 27.1. The van der Waals surface area contributed by atoms with Crippen LogP contribution in [0, 0.1) is 11.6 Å². The maximum absolute atomic E-state index is 13.7. The third-order valence-corrected chi connectivity index (χ3v) is 4.35. The van der Waals surface area contributed by atoms with E-state index in [0.717, 1.165) is 30.6 Å². The van der Waals surface area contributed by atoms with Crippen LogP contribution in [0.3, 0.4) is 0 Å². The fourth-order valence-electron chi connectivity index (χ4n) is 3.17. The van der Waals surface area contributed by atoms with Crippen LogP contribution in [-0.4, -0.2) is 32.8 Å². The van der Waals surface area contributed by atoms with E-state index in [0.29, 0.717) is 26.3 Å². The van der Waals surface area contributed by atoms with Crippen molar-refractivity contribution in [2.45, 2.75) is 25.3 Å². The van der Waals surface area contributed by atoms with Gasteiger partial charge in [0, 0.05) is 30.4 Å². The van der Waals surface area contributed by atoms with Crippen LogP contribution in [0.5, 0.6) is 0 Å². The van der Waals surface area contributed by atoms with Crippen molar-refractivity contribution in [2.24, 2.45) is 0 Å². The van der Waals surface area contributed by atoms with Gasteiger partial charge in [-0.2, -0.15) is 0 Å². The van der Waals surface area contributed by atoms with Crippen molar-refractivity contribution >= 4 is 5.69 Å². The summed E-state index contributed by atoms with van der Waals surface area (Å²) >= 11 is 0. The summed E-state index contributed by atoms with van der Waals surface area (Å²) in [6, 6.07) is 2.69. The maximum Gasteiger partial charge on any atom is 0.160 e. The molecule has 1 unspecified atom stereocenters. The number of ether oxygens (including phenoxy) is 1. The van der Waals surface area contributed by atoms with E-state index in [2.05, 4.69) is 17.1 Å². The number of nitrogens with zero attached hydrogens (tertiary/aromatic N) is 1. The number of rotatable bonds is 2. The van der Waals surface area contributed by atoms with Crippen molar-refractivity contribution in [3.63, 3.8) is 0 Å². The molecule has 3 nitrogen and oxygen atoms in total. The van der Waals surface area contributed by atoms with Crippen molar-refractivity contribution in [3.8, 4) is 0 Å². The van der Waals surface area contributed by atoms with Crippen LogP contribution in [0.15, 0.2) is 12.1 Å². The van der Waals surface area contributed by atoms with E-state index in [9.17, 15) is 8.78 Å². The first-order chi connectivity index (χ1) is 9.60. The minimum Gasteiger partial charge on any atom is -0.378 e. The second-order valence-electron chi connectivity index (χ2n) is 5.75. The first-order valence-corrected chi connectivity index (χ1v) is 7.17. The van der Waals surface area contributed by atoms with Gasteiger partial charge in [0.05, 0.1) is 13.2 Å². The lowest BCUT2D eigenvalue weighted by molar-refractivity contribution is 0.122. The Morgan fingerprint density at radius 1 is 1.20 bits per heavy atom. The Morgan fingerprint density at radius 2 is 1.90 bits per heavy atom. The average Bonchev–Trinajstić information content (AvgIpc) is 2.90. The van der Waals surface area contributed by atoms with E-state index < -0.39 is 11.6 Å². The van der Waals surface area contributed by atoms with Gasteiger partial charge >= 0.3 is 0 Å². The molecule has 2 fully saturated rings. The Hall–Kier alpha value is -1.20. The zero-order valence-electron chi connectivity index (χ0n) is 11.7. The third kappa shape index (κ3) is 2.40. The number of morpholine rings is 1. The van der Waals surface area contributed by atoms with Gasteiger partial charge in [0.2, 0.25) is 0 Å². The van der Waals surface area contributed by atoms with Crippen LogP contribution in [0.1, 0.15) is 25.3 Å². The molecule has 110 valence electrons. The maximum atomic E-state index is 13.7.